The Bertz CT molecular complexity index is 137. The lowest BCUT2D eigenvalue weighted by molar-refractivity contribution is 0.243. The summed E-state index contributed by atoms with van der Waals surface area (Å²) in [5.41, 5.74) is 6.05. The molecule has 2 heteroatoms. The predicted molar refractivity (Wildman–Crippen MR) is 69.1 cm³/mol. The monoisotopic (exact) mass is 214 g/mol. The minimum Gasteiger partial charge on any atom is -0.330 e. The van der Waals surface area contributed by atoms with Crippen molar-refractivity contribution in [2.24, 2.45) is 11.1 Å². The van der Waals surface area contributed by atoms with Gasteiger partial charge in [0.1, 0.15) is 0 Å². The van der Waals surface area contributed by atoms with Gasteiger partial charge in [-0.3, -0.25) is 0 Å². The topological polar surface area (TPSA) is 29.3 Å². The fourth-order valence-electron chi connectivity index (χ4n) is 1.85. The Labute approximate surface area is 96.2 Å². The fraction of sp³-hybridized carbons (Fsp3) is 1.00. The third-order valence-electron chi connectivity index (χ3n) is 2.96. The van der Waals surface area contributed by atoms with E-state index < -0.39 is 0 Å². The summed E-state index contributed by atoms with van der Waals surface area (Å²) in [5, 5.41) is 0. The van der Waals surface area contributed by atoms with Gasteiger partial charge in [0.25, 0.3) is 0 Å². The van der Waals surface area contributed by atoms with E-state index in [1.807, 2.05) is 0 Å². The van der Waals surface area contributed by atoms with Gasteiger partial charge in [0.05, 0.1) is 0 Å². The van der Waals surface area contributed by atoms with Crippen molar-refractivity contribution in [2.75, 3.05) is 26.2 Å². The maximum absolute atomic E-state index is 5.73. The van der Waals surface area contributed by atoms with Gasteiger partial charge in [-0.2, -0.15) is 0 Å². The van der Waals surface area contributed by atoms with Crippen LogP contribution in [0.25, 0.3) is 0 Å². The average Bonchev–Trinajstić information content (AvgIpc) is 2.18. The lowest BCUT2D eigenvalue weighted by atomic mass is 9.88. The Kier molecular flexibility index (Phi) is 8.07. The minimum atomic E-state index is 0.324. The van der Waals surface area contributed by atoms with Gasteiger partial charge in [0.15, 0.2) is 0 Å². The molecule has 0 aromatic heterocycles. The molecule has 0 aliphatic carbocycles. The number of hydrogen-bond donors (Lipinski definition) is 1. The smallest absolute Gasteiger partial charge is 0.00185 e. The van der Waals surface area contributed by atoms with Crippen LogP contribution >= 0.6 is 0 Å². The van der Waals surface area contributed by atoms with Gasteiger partial charge < -0.3 is 10.6 Å². The number of hydrogen-bond acceptors (Lipinski definition) is 2. The average molecular weight is 214 g/mol. The van der Waals surface area contributed by atoms with Crippen molar-refractivity contribution in [3.8, 4) is 0 Å². The minimum absolute atomic E-state index is 0.324. The first-order valence-corrected chi connectivity index (χ1v) is 6.48. The molecular formula is C13H30N2. The highest BCUT2D eigenvalue weighted by molar-refractivity contribution is 4.70. The summed E-state index contributed by atoms with van der Waals surface area (Å²) in [6, 6.07) is 0. The first-order valence-electron chi connectivity index (χ1n) is 6.48. The quantitative estimate of drug-likeness (QED) is 0.639. The summed E-state index contributed by atoms with van der Waals surface area (Å²) in [5.74, 6) is 0. The largest absolute Gasteiger partial charge is 0.330 e. The third-order valence-corrected chi connectivity index (χ3v) is 2.96. The van der Waals surface area contributed by atoms with E-state index in [0.29, 0.717) is 5.41 Å². The number of rotatable bonds is 9. The van der Waals surface area contributed by atoms with Crippen LogP contribution in [0, 0.1) is 5.41 Å². The van der Waals surface area contributed by atoms with Gasteiger partial charge in [0, 0.05) is 0 Å². The molecule has 0 aromatic carbocycles. The molecule has 0 spiro atoms. The summed E-state index contributed by atoms with van der Waals surface area (Å²) in [6.45, 7) is 13.6. The molecule has 0 bridgehead atoms. The van der Waals surface area contributed by atoms with Crippen LogP contribution in [0.2, 0.25) is 0 Å². The van der Waals surface area contributed by atoms with Gasteiger partial charge in [0.2, 0.25) is 0 Å². The van der Waals surface area contributed by atoms with Gasteiger partial charge in [-0.1, -0.05) is 27.7 Å². The zero-order chi connectivity index (χ0) is 11.7. The zero-order valence-corrected chi connectivity index (χ0v) is 11.2. The maximum atomic E-state index is 5.73. The van der Waals surface area contributed by atoms with Gasteiger partial charge in [-0.15, -0.1) is 0 Å². The van der Waals surface area contributed by atoms with E-state index in [2.05, 4.69) is 32.6 Å². The molecule has 0 rings (SSSR count). The van der Waals surface area contributed by atoms with Gasteiger partial charge in [-0.25, -0.2) is 0 Å². The van der Waals surface area contributed by atoms with Crippen molar-refractivity contribution in [1.29, 1.82) is 0 Å². The molecule has 0 aliphatic heterocycles. The van der Waals surface area contributed by atoms with Crippen LogP contribution < -0.4 is 5.73 Å². The van der Waals surface area contributed by atoms with Gasteiger partial charge >= 0.3 is 0 Å². The van der Waals surface area contributed by atoms with E-state index in [0.717, 1.165) is 6.54 Å². The third kappa shape index (κ3) is 7.80. The molecule has 15 heavy (non-hydrogen) atoms. The van der Waals surface area contributed by atoms with Crippen molar-refractivity contribution in [3.05, 3.63) is 0 Å². The van der Waals surface area contributed by atoms with Crippen molar-refractivity contribution in [2.45, 2.75) is 53.4 Å². The molecule has 0 aliphatic rings. The first kappa shape index (κ1) is 14.9. The Morgan fingerprint density at radius 2 is 1.53 bits per heavy atom. The Morgan fingerprint density at radius 3 is 1.93 bits per heavy atom. The highest BCUT2D eigenvalue weighted by atomic mass is 15.1. The second kappa shape index (κ2) is 8.12. The highest BCUT2D eigenvalue weighted by Crippen LogP contribution is 2.20. The summed E-state index contributed by atoms with van der Waals surface area (Å²) < 4.78 is 0. The Balaban J connectivity index is 3.69. The first-order chi connectivity index (χ1) is 7.05. The van der Waals surface area contributed by atoms with E-state index in [-0.39, 0.29) is 0 Å². The van der Waals surface area contributed by atoms with Crippen LogP contribution in [0.5, 0.6) is 0 Å². The summed E-state index contributed by atoms with van der Waals surface area (Å²) in [6.07, 6.45) is 5.05. The normalized spacial score (nSPS) is 12.4. The molecule has 0 saturated heterocycles. The van der Waals surface area contributed by atoms with Gasteiger partial charge in [-0.05, 0) is 57.3 Å². The molecule has 0 unspecified atom stereocenters. The van der Waals surface area contributed by atoms with E-state index in [4.69, 9.17) is 5.73 Å². The van der Waals surface area contributed by atoms with Crippen LogP contribution in [0.15, 0.2) is 0 Å². The van der Waals surface area contributed by atoms with Crippen LogP contribution in [-0.2, 0) is 0 Å². The molecule has 0 aromatic rings. The van der Waals surface area contributed by atoms with Crippen LogP contribution in [0.3, 0.4) is 0 Å². The van der Waals surface area contributed by atoms with E-state index >= 15 is 0 Å². The maximum Gasteiger partial charge on any atom is -0.00185 e. The standard InChI is InChI=1S/C13H30N2/c1-5-9-15(10-6-2)11-7-8-13(3,4)12-14/h5-12,14H2,1-4H3. The summed E-state index contributed by atoms with van der Waals surface area (Å²) in [4.78, 5) is 2.58. The Hall–Kier alpha value is -0.0800. The second-order valence-electron chi connectivity index (χ2n) is 5.31. The van der Waals surface area contributed by atoms with Crippen LogP contribution in [-0.4, -0.2) is 31.1 Å². The van der Waals surface area contributed by atoms with Crippen molar-refractivity contribution in [1.82, 2.24) is 4.90 Å². The lowest BCUT2D eigenvalue weighted by Crippen LogP contribution is -2.29. The van der Waals surface area contributed by atoms with E-state index in [1.165, 1.54) is 45.3 Å². The molecule has 0 radical (unpaired) electrons. The van der Waals surface area contributed by atoms with Crippen molar-refractivity contribution < 1.29 is 0 Å². The molecule has 0 amide bonds. The molecule has 0 heterocycles. The molecule has 2 nitrogen and oxygen atoms in total. The number of nitrogens with two attached hydrogens (primary N) is 1. The Morgan fingerprint density at radius 1 is 1.00 bits per heavy atom. The SMILES string of the molecule is CCCN(CCC)CCCC(C)(C)CN. The van der Waals surface area contributed by atoms with Crippen molar-refractivity contribution in [3.63, 3.8) is 0 Å². The highest BCUT2D eigenvalue weighted by Gasteiger charge is 2.15. The fourth-order valence-corrected chi connectivity index (χ4v) is 1.85. The molecule has 92 valence electrons. The molecule has 0 fully saturated rings. The lowest BCUT2D eigenvalue weighted by Gasteiger charge is -2.25. The molecule has 0 atom stereocenters. The van der Waals surface area contributed by atoms with E-state index in [9.17, 15) is 0 Å². The second-order valence-corrected chi connectivity index (χ2v) is 5.31. The zero-order valence-electron chi connectivity index (χ0n) is 11.2. The van der Waals surface area contributed by atoms with Crippen LogP contribution in [0.1, 0.15) is 53.4 Å². The summed E-state index contributed by atoms with van der Waals surface area (Å²) in [7, 11) is 0. The number of nitrogens with zero attached hydrogens (tertiary/aromatic N) is 1. The molecule has 2 N–H and O–H groups in total. The van der Waals surface area contributed by atoms with E-state index in [1.54, 1.807) is 0 Å². The predicted octanol–water partition coefficient (Wildman–Crippen LogP) is 2.87. The molecular weight excluding hydrogens is 184 g/mol. The van der Waals surface area contributed by atoms with Crippen molar-refractivity contribution >= 4 is 0 Å². The van der Waals surface area contributed by atoms with Crippen LogP contribution in [0.4, 0.5) is 0 Å². The molecule has 0 saturated carbocycles. The summed E-state index contributed by atoms with van der Waals surface area (Å²) >= 11 is 0.